The molecule has 44 heavy (non-hydrogen) atoms. The molecule has 0 aromatic heterocycles. The minimum Gasteiger partial charge on any atom is -0.486 e. The smallest absolute Gasteiger partial charge is 0.416 e. The van der Waals surface area contributed by atoms with Crippen LogP contribution in [0.5, 0.6) is 5.75 Å². The van der Waals surface area contributed by atoms with Crippen LogP contribution in [0.4, 0.5) is 23.2 Å². The summed E-state index contributed by atoms with van der Waals surface area (Å²) in [6.07, 6.45) is -2.20. The van der Waals surface area contributed by atoms with Gasteiger partial charge >= 0.3 is 6.18 Å². The summed E-state index contributed by atoms with van der Waals surface area (Å²) in [4.78, 5) is 14.0. The van der Waals surface area contributed by atoms with Gasteiger partial charge in [0.05, 0.1) is 46.3 Å². The summed E-state index contributed by atoms with van der Waals surface area (Å²) in [5, 5.41) is 0.183. The second-order valence-electron chi connectivity index (χ2n) is 11.3. The van der Waals surface area contributed by atoms with Gasteiger partial charge in [0.1, 0.15) is 17.7 Å². The molecule has 6 rings (SSSR count). The molecule has 1 amide bonds. The van der Waals surface area contributed by atoms with Gasteiger partial charge in [-0.3, -0.25) is 9.10 Å². The van der Waals surface area contributed by atoms with Gasteiger partial charge in [-0.25, -0.2) is 12.8 Å². The third-order valence-electron chi connectivity index (χ3n) is 8.01. The third-order valence-corrected chi connectivity index (χ3v) is 10.1. The average molecular weight is 651 g/mol. The number of carbonyl (C=O) groups excluding carboxylic acids is 1. The maximum Gasteiger partial charge on any atom is 0.416 e. The average Bonchev–Trinajstić information content (AvgIpc) is 2.93. The number of sulfonamides is 1. The molecule has 0 N–H and O–H groups in total. The highest BCUT2D eigenvalue weighted by Gasteiger charge is 2.50. The fourth-order valence-corrected chi connectivity index (χ4v) is 7.35. The van der Waals surface area contributed by atoms with Crippen LogP contribution >= 0.6 is 11.6 Å². The van der Waals surface area contributed by atoms with E-state index in [9.17, 15) is 30.8 Å². The van der Waals surface area contributed by atoms with Crippen LogP contribution in [0.3, 0.4) is 0 Å². The Balaban J connectivity index is 1.29. The molecule has 2 fully saturated rings. The van der Waals surface area contributed by atoms with Crippen molar-refractivity contribution in [3.8, 4) is 5.75 Å². The molecule has 7 nitrogen and oxygen atoms in total. The highest BCUT2D eigenvalue weighted by molar-refractivity contribution is 7.92. The lowest BCUT2D eigenvalue weighted by Crippen LogP contribution is -2.67. The maximum atomic E-state index is 14.3. The Morgan fingerprint density at radius 1 is 1.05 bits per heavy atom. The standard InChI is InChI=1S/C31H27ClF4N2O5S/c32-25-5-2-6-26(33)24(25)10-7-20-8-11-28-27(13-20)38(44(40,41)23-4-1-3-21(14-23)31(34,35)36)15-22(43-28)9-12-29(39)37-16-30(17-37)18-42-19-30/h1-8,10-11,13-14,22H,9,12,15-19H2/b10-7+/t22-/m0/s1. The number of ether oxygens (including phenoxy) is 2. The van der Waals surface area contributed by atoms with Crippen molar-refractivity contribution < 1.29 is 40.2 Å². The number of alkyl halides is 3. The number of anilines is 1. The predicted octanol–water partition coefficient (Wildman–Crippen LogP) is 6.26. The monoisotopic (exact) mass is 650 g/mol. The highest BCUT2D eigenvalue weighted by Crippen LogP contribution is 2.41. The summed E-state index contributed by atoms with van der Waals surface area (Å²) < 4.78 is 94.9. The summed E-state index contributed by atoms with van der Waals surface area (Å²) in [5.74, 6) is -0.452. The van der Waals surface area contributed by atoms with Crippen LogP contribution in [-0.4, -0.2) is 58.2 Å². The van der Waals surface area contributed by atoms with Crippen LogP contribution in [0.15, 0.2) is 65.6 Å². The highest BCUT2D eigenvalue weighted by atomic mass is 35.5. The molecule has 1 atom stereocenters. The van der Waals surface area contributed by atoms with Gasteiger partial charge in [-0.1, -0.05) is 35.9 Å². The molecule has 3 heterocycles. The summed E-state index contributed by atoms with van der Waals surface area (Å²) in [7, 11) is -4.51. The van der Waals surface area contributed by atoms with Crippen molar-refractivity contribution in [3.63, 3.8) is 0 Å². The summed E-state index contributed by atoms with van der Waals surface area (Å²) in [6.45, 7) is 2.26. The molecular formula is C31H27ClF4N2O5S. The number of likely N-dealkylation sites (tertiary alicyclic amines) is 1. The molecule has 3 aliphatic rings. The lowest BCUT2D eigenvalue weighted by molar-refractivity contribution is -0.195. The van der Waals surface area contributed by atoms with Crippen molar-refractivity contribution in [3.05, 3.63) is 88.2 Å². The van der Waals surface area contributed by atoms with Crippen molar-refractivity contribution in [2.24, 2.45) is 5.41 Å². The number of carbonyl (C=O) groups is 1. The Morgan fingerprint density at radius 2 is 1.80 bits per heavy atom. The molecule has 3 aliphatic heterocycles. The van der Waals surface area contributed by atoms with Gasteiger partial charge in [-0.2, -0.15) is 13.2 Å². The Morgan fingerprint density at radius 3 is 2.48 bits per heavy atom. The quantitative estimate of drug-likeness (QED) is 0.223. The van der Waals surface area contributed by atoms with Crippen LogP contribution in [0, 0.1) is 11.2 Å². The van der Waals surface area contributed by atoms with Gasteiger partial charge in [-0.05, 0) is 60.5 Å². The van der Waals surface area contributed by atoms with Crippen LogP contribution in [0.1, 0.15) is 29.5 Å². The van der Waals surface area contributed by atoms with Gasteiger partial charge in [0, 0.05) is 25.1 Å². The number of nitrogens with zero attached hydrogens (tertiary/aromatic N) is 2. The molecule has 0 radical (unpaired) electrons. The Bertz CT molecular complexity index is 1710. The zero-order chi connectivity index (χ0) is 31.3. The van der Waals surface area contributed by atoms with Crippen LogP contribution < -0.4 is 9.04 Å². The number of hydrogen-bond donors (Lipinski definition) is 0. The Labute approximate surface area is 256 Å². The van der Waals surface area contributed by atoms with Gasteiger partial charge in [0.2, 0.25) is 5.91 Å². The van der Waals surface area contributed by atoms with Crippen LogP contribution in [-0.2, 0) is 25.7 Å². The van der Waals surface area contributed by atoms with E-state index in [1.165, 1.54) is 42.5 Å². The van der Waals surface area contributed by atoms with Crippen molar-refractivity contribution >= 4 is 45.4 Å². The first-order valence-corrected chi connectivity index (χ1v) is 15.6. The van der Waals surface area contributed by atoms with Crippen molar-refractivity contribution in [1.82, 2.24) is 4.90 Å². The Hall–Kier alpha value is -3.61. The summed E-state index contributed by atoms with van der Waals surface area (Å²) in [6, 6.07) is 12.4. The number of fused-ring (bicyclic) bond motifs is 1. The van der Waals surface area contributed by atoms with E-state index in [1.807, 2.05) is 0 Å². The normalized spacial score (nSPS) is 19.3. The van der Waals surface area contributed by atoms with Gasteiger partial charge < -0.3 is 14.4 Å². The van der Waals surface area contributed by atoms with Crippen molar-refractivity contribution in [1.29, 1.82) is 0 Å². The number of rotatable bonds is 7. The van der Waals surface area contributed by atoms with Gasteiger partial charge in [0.15, 0.2) is 0 Å². The number of hydrogen-bond acceptors (Lipinski definition) is 5. The van der Waals surface area contributed by atoms with E-state index in [4.69, 9.17) is 21.1 Å². The van der Waals surface area contributed by atoms with E-state index in [1.54, 1.807) is 11.0 Å². The van der Waals surface area contributed by atoms with Crippen LogP contribution in [0.2, 0.25) is 5.02 Å². The second kappa shape index (κ2) is 11.4. The second-order valence-corrected chi connectivity index (χ2v) is 13.5. The SMILES string of the molecule is O=C(CC[C@H]1CN(S(=O)(=O)c2cccc(C(F)(F)F)c2)c2cc(/C=C/c3c(F)cccc3Cl)ccc2O1)N1CC2(COC2)C1. The van der Waals surface area contributed by atoms with E-state index < -0.39 is 38.6 Å². The predicted molar refractivity (Wildman–Crippen MR) is 156 cm³/mol. The first kappa shape index (κ1) is 30.4. The minimum atomic E-state index is -4.75. The molecule has 3 aromatic rings. The molecule has 232 valence electrons. The fraction of sp³-hybridized carbons (Fsp3) is 0.323. The van der Waals surface area contributed by atoms with Crippen molar-refractivity contribution in [2.75, 3.05) is 37.2 Å². The number of amides is 1. The number of halogens is 5. The van der Waals surface area contributed by atoms with E-state index in [0.29, 0.717) is 37.9 Å². The molecule has 2 saturated heterocycles. The number of benzene rings is 3. The topological polar surface area (TPSA) is 76.2 Å². The first-order valence-electron chi connectivity index (χ1n) is 13.8. The lowest BCUT2D eigenvalue weighted by Gasteiger charge is -2.55. The fourth-order valence-electron chi connectivity index (χ4n) is 5.58. The zero-order valence-corrected chi connectivity index (χ0v) is 24.8. The minimum absolute atomic E-state index is 0.0511. The first-order chi connectivity index (χ1) is 20.8. The van der Waals surface area contributed by atoms with E-state index >= 15 is 0 Å². The van der Waals surface area contributed by atoms with Gasteiger partial charge in [0.25, 0.3) is 10.0 Å². The lowest BCUT2D eigenvalue weighted by atomic mass is 9.78. The molecule has 0 bridgehead atoms. The van der Waals surface area contributed by atoms with Gasteiger partial charge in [-0.15, -0.1) is 0 Å². The zero-order valence-electron chi connectivity index (χ0n) is 23.2. The van der Waals surface area contributed by atoms with Crippen molar-refractivity contribution in [2.45, 2.75) is 30.0 Å². The summed E-state index contributed by atoms with van der Waals surface area (Å²) in [5.41, 5.74) is -0.344. The molecule has 0 aliphatic carbocycles. The van der Waals surface area contributed by atoms with Crippen LogP contribution in [0.25, 0.3) is 12.2 Å². The molecule has 0 unspecified atom stereocenters. The Kier molecular flexibility index (Phi) is 7.87. The van der Waals surface area contributed by atoms with E-state index in [2.05, 4.69) is 0 Å². The molecule has 3 aromatic carbocycles. The molecule has 0 saturated carbocycles. The molecule has 13 heteroatoms. The third kappa shape index (κ3) is 5.90. The molecule has 1 spiro atoms. The largest absolute Gasteiger partial charge is 0.486 e. The maximum absolute atomic E-state index is 14.3. The molecular weight excluding hydrogens is 624 g/mol. The summed E-state index contributed by atoms with van der Waals surface area (Å²) >= 11 is 6.12. The van der Waals surface area contributed by atoms with E-state index in [-0.39, 0.29) is 52.7 Å². The van der Waals surface area contributed by atoms with E-state index in [0.717, 1.165) is 22.5 Å².